The van der Waals surface area contributed by atoms with Crippen molar-refractivity contribution in [3.05, 3.63) is 0 Å². The Hall–Kier alpha value is -0.530. The van der Waals surface area contributed by atoms with E-state index in [0.29, 0.717) is 12.0 Å². The Morgan fingerprint density at radius 1 is 1.50 bits per heavy atom. The number of carbonyl (C=O) groups excluding carboxylic acids is 1. The summed E-state index contributed by atoms with van der Waals surface area (Å²) in [6.07, 6.45) is 2.94. The van der Waals surface area contributed by atoms with Gasteiger partial charge < -0.3 is 5.32 Å². The van der Waals surface area contributed by atoms with Gasteiger partial charge in [0.2, 0.25) is 5.91 Å². The first-order valence-corrected chi connectivity index (χ1v) is 4.07. The van der Waals surface area contributed by atoms with Crippen LogP contribution < -0.4 is 5.32 Å². The van der Waals surface area contributed by atoms with Gasteiger partial charge in [-0.3, -0.25) is 4.79 Å². The van der Waals surface area contributed by atoms with Gasteiger partial charge in [-0.05, 0) is 12.3 Å². The van der Waals surface area contributed by atoms with Crippen LogP contribution in [0.1, 0.15) is 33.1 Å². The predicted molar refractivity (Wildman–Crippen MR) is 40.6 cm³/mol. The van der Waals surface area contributed by atoms with Gasteiger partial charge >= 0.3 is 0 Å². The van der Waals surface area contributed by atoms with Crippen LogP contribution >= 0.6 is 0 Å². The van der Waals surface area contributed by atoms with Crippen LogP contribution in [0.3, 0.4) is 0 Å². The van der Waals surface area contributed by atoms with Gasteiger partial charge in [0.15, 0.2) is 0 Å². The number of carbonyl (C=O) groups is 1. The molecule has 2 atom stereocenters. The molecular weight excluding hydrogens is 126 g/mol. The first-order chi connectivity index (χ1) is 4.77. The molecule has 0 aromatic rings. The molecule has 0 saturated carbocycles. The fourth-order valence-electron chi connectivity index (χ4n) is 1.63. The Morgan fingerprint density at radius 3 is 2.60 bits per heavy atom. The third-order valence-corrected chi connectivity index (χ3v) is 2.33. The maximum atomic E-state index is 10.9. The van der Waals surface area contributed by atoms with Crippen LogP contribution in [0.25, 0.3) is 0 Å². The summed E-state index contributed by atoms with van der Waals surface area (Å²) in [7, 11) is 0. The van der Waals surface area contributed by atoms with Crippen molar-refractivity contribution in [2.24, 2.45) is 5.92 Å². The van der Waals surface area contributed by atoms with Crippen LogP contribution in [0.15, 0.2) is 0 Å². The summed E-state index contributed by atoms with van der Waals surface area (Å²) in [6.45, 7) is 4.27. The van der Waals surface area contributed by atoms with Crippen molar-refractivity contribution in [1.82, 2.24) is 5.32 Å². The molecule has 10 heavy (non-hydrogen) atoms. The highest BCUT2D eigenvalue weighted by Gasteiger charge is 2.28. The topological polar surface area (TPSA) is 29.1 Å². The minimum absolute atomic E-state index is 0.235. The summed E-state index contributed by atoms with van der Waals surface area (Å²) in [5.41, 5.74) is 0. The summed E-state index contributed by atoms with van der Waals surface area (Å²) < 4.78 is 0. The molecule has 58 valence electrons. The highest BCUT2D eigenvalue weighted by atomic mass is 16.1. The van der Waals surface area contributed by atoms with Gasteiger partial charge in [-0.1, -0.05) is 20.3 Å². The van der Waals surface area contributed by atoms with Gasteiger partial charge in [0.25, 0.3) is 0 Å². The largest absolute Gasteiger partial charge is 0.353 e. The predicted octanol–water partition coefficient (Wildman–Crippen LogP) is 1.31. The number of hydrogen-bond acceptors (Lipinski definition) is 1. The minimum Gasteiger partial charge on any atom is -0.353 e. The van der Waals surface area contributed by atoms with E-state index in [-0.39, 0.29) is 5.91 Å². The molecule has 0 radical (unpaired) electrons. The third kappa shape index (κ3) is 1.31. The van der Waals surface area contributed by atoms with Crippen molar-refractivity contribution in [3.63, 3.8) is 0 Å². The van der Waals surface area contributed by atoms with Crippen molar-refractivity contribution in [3.8, 4) is 0 Å². The molecule has 1 fully saturated rings. The molecule has 1 N–H and O–H groups in total. The normalized spacial score (nSPS) is 32.4. The molecule has 2 unspecified atom stereocenters. The molecule has 0 spiro atoms. The van der Waals surface area contributed by atoms with Gasteiger partial charge in [-0.25, -0.2) is 0 Å². The zero-order valence-electron chi connectivity index (χ0n) is 6.68. The van der Waals surface area contributed by atoms with Crippen molar-refractivity contribution in [2.75, 3.05) is 0 Å². The van der Waals surface area contributed by atoms with E-state index in [1.54, 1.807) is 0 Å². The van der Waals surface area contributed by atoms with Gasteiger partial charge in [0.05, 0.1) is 0 Å². The zero-order chi connectivity index (χ0) is 7.56. The van der Waals surface area contributed by atoms with Crippen LogP contribution in [-0.2, 0) is 4.79 Å². The van der Waals surface area contributed by atoms with Crippen molar-refractivity contribution in [1.29, 1.82) is 0 Å². The van der Waals surface area contributed by atoms with Gasteiger partial charge in [0.1, 0.15) is 0 Å². The van der Waals surface area contributed by atoms with E-state index in [1.165, 1.54) is 0 Å². The quantitative estimate of drug-likeness (QED) is 0.617. The number of amides is 1. The molecule has 1 aliphatic rings. The van der Waals surface area contributed by atoms with Gasteiger partial charge in [0, 0.05) is 12.5 Å². The maximum absolute atomic E-state index is 10.9. The smallest absolute Gasteiger partial charge is 0.220 e. The lowest BCUT2D eigenvalue weighted by atomic mass is 9.96. The molecule has 0 aromatic carbocycles. The molecule has 0 aromatic heterocycles. The van der Waals surface area contributed by atoms with Crippen molar-refractivity contribution >= 4 is 5.91 Å². The first-order valence-electron chi connectivity index (χ1n) is 4.07. The Labute approximate surface area is 62.0 Å². The molecule has 1 aliphatic heterocycles. The monoisotopic (exact) mass is 141 g/mol. The molecule has 0 aliphatic carbocycles. The fourth-order valence-corrected chi connectivity index (χ4v) is 1.63. The second-order valence-corrected chi connectivity index (χ2v) is 2.95. The van der Waals surface area contributed by atoms with E-state index >= 15 is 0 Å². The van der Waals surface area contributed by atoms with Crippen LogP contribution in [0, 0.1) is 5.92 Å². The van der Waals surface area contributed by atoms with Crippen LogP contribution in [0.5, 0.6) is 0 Å². The Balaban J connectivity index is 2.48. The molecular formula is C8H15NO. The van der Waals surface area contributed by atoms with Gasteiger partial charge in [-0.2, -0.15) is 0 Å². The highest BCUT2D eigenvalue weighted by molar-refractivity contribution is 5.78. The second-order valence-electron chi connectivity index (χ2n) is 2.95. The SMILES string of the molecule is CCC1CC(=O)NC1CC. The maximum Gasteiger partial charge on any atom is 0.220 e. The molecule has 1 heterocycles. The average Bonchev–Trinajstić information content (AvgIpc) is 2.30. The van der Waals surface area contributed by atoms with Crippen LogP contribution in [0.2, 0.25) is 0 Å². The lowest BCUT2D eigenvalue weighted by Gasteiger charge is -2.13. The van der Waals surface area contributed by atoms with Gasteiger partial charge in [-0.15, -0.1) is 0 Å². The minimum atomic E-state index is 0.235. The summed E-state index contributed by atoms with van der Waals surface area (Å²) in [5, 5.41) is 2.97. The van der Waals surface area contributed by atoms with E-state index in [2.05, 4.69) is 19.2 Å². The third-order valence-electron chi connectivity index (χ3n) is 2.33. The number of rotatable bonds is 2. The molecule has 0 bridgehead atoms. The average molecular weight is 141 g/mol. The van der Waals surface area contributed by atoms with E-state index in [9.17, 15) is 4.79 Å². The summed E-state index contributed by atoms with van der Waals surface area (Å²) in [4.78, 5) is 10.9. The first kappa shape index (κ1) is 7.58. The molecule has 2 heteroatoms. The molecule has 1 amide bonds. The van der Waals surface area contributed by atoms with E-state index in [4.69, 9.17) is 0 Å². The summed E-state index contributed by atoms with van der Waals surface area (Å²) in [5.74, 6) is 0.830. The molecule has 1 saturated heterocycles. The number of hydrogen-bond donors (Lipinski definition) is 1. The van der Waals surface area contributed by atoms with Crippen LogP contribution in [0.4, 0.5) is 0 Å². The molecule has 2 nitrogen and oxygen atoms in total. The molecule has 1 rings (SSSR count). The standard InChI is InChI=1S/C8H15NO/c1-3-6-5-8(10)9-7(6)4-2/h6-7H,3-5H2,1-2H3,(H,9,10). The lowest BCUT2D eigenvalue weighted by Crippen LogP contribution is -2.27. The van der Waals surface area contributed by atoms with Crippen molar-refractivity contribution < 1.29 is 4.79 Å². The lowest BCUT2D eigenvalue weighted by molar-refractivity contribution is -0.119. The van der Waals surface area contributed by atoms with E-state index < -0.39 is 0 Å². The van der Waals surface area contributed by atoms with E-state index in [1.807, 2.05) is 0 Å². The van der Waals surface area contributed by atoms with Crippen molar-refractivity contribution in [2.45, 2.75) is 39.2 Å². The second kappa shape index (κ2) is 3.04. The number of nitrogens with one attached hydrogen (secondary N) is 1. The van der Waals surface area contributed by atoms with E-state index in [0.717, 1.165) is 19.3 Å². The van der Waals surface area contributed by atoms with Crippen LogP contribution in [-0.4, -0.2) is 11.9 Å². The summed E-state index contributed by atoms with van der Waals surface area (Å²) >= 11 is 0. The Bertz CT molecular complexity index is 119. The Kier molecular flexibility index (Phi) is 2.30. The fraction of sp³-hybridized carbons (Fsp3) is 0.875. The highest BCUT2D eigenvalue weighted by Crippen LogP contribution is 2.21. The summed E-state index contributed by atoms with van der Waals surface area (Å²) in [6, 6.07) is 0.456. The zero-order valence-corrected chi connectivity index (χ0v) is 6.68. The Morgan fingerprint density at radius 2 is 2.20 bits per heavy atom.